The fraction of sp³-hybridized carbons (Fsp3) is 0.450. The number of piperidine rings is 1. The summed E-state index contributed by atoms with van der Waals surface area (Å²) in [5.74, 6) is -0.371. The molecule has 1 aromatic heterocycles. The molecule has 1 fully saturated rings. The third-order valence-electron chi connectivity index (χ3n) is 4.91. The van der Waals surface area contributed by atoms with E-state index in [1.54, 1.807) is 17.5 Å². The van der Waals surface area contributed by atoms with E-state index < -0.39 is 22.5 Å². The van der Waals surface area contributed by atoms with Gasteiger partial charge in [0.15, 0.2) is 11.5 Å². The highest BCUT2D eigenvalue weighted by atomic mass is 32.2. The second-order valence-electron chi connectivity index (χ2n) is 6.95. The summed E-state index contributed by atoms with van der Waals surface area (Å²) in [5.41, 5.74) is 0.742. The van der Waals surface area contributed by atoms with Gasteiger partial charge in [-0.05, 0) is 48.4 Å². The molecule has 11 heteroatoms. The first kappa shape index (κ1) is 23.4. The molecule has 1 N–H and O–H groups in total. The van der Waals surface area contributed by atoms with E-state index in [1.165, 1.54) is 23.5 Å². The minimum absolute atomic E-state index is 0.0343. The van der Waals surface area contributed by atoms with Crippen molar-refractivity contribution in [2.24, 2.45) is 0 Å². The normalized spacial score (nSPS) is 15.1. The number of thiophene rings is 1. The molecule has 3 rings (SSSR count). The van der Waals surface area contributed by atoms with Crippen molar-refractivity contribution in [3.63, 3.8) is 0 Å². The van der Waals surface area contributed by atoms with E-state index in [-0.39, 0.29) is 27.8 Å². The number of halogens is 2. The number of nitrogens with one attached hydrogen (secondary N) is 1. The first-order chi connectivity index (χ1) is 14.8. The van der Waals surface area contributed by atoms with Crippen LogP contribution in [0.25, 0.3) is 0 Å². The average Bonchev–Trinajstić information content (AvgIpc) is 3.26. The van der Waals surface area contributed by atoms with Crippen LogP contribution in [0.2, 0.25) is 0 Å². The van der Waals surface area contributed by atoms with Gasteiger partial charge in [0, 0.05) is 19.6 Å². The number of amides is 1. The fourth-order valence-electron chi connectivity index (χ4n) is 3.37. The number of hydrogen-bond donors (Lipinski definition) is 1. The quantitative estimate of drug-likeness (QED) is 0.601. The van der Waals surface area contributed by atoms with Gasteiger partial charge in [-0.3, -0.25) is 4.79 Å². The van der Waals surface area contributed by atoms with E-state index in [9.17, 15) is 22.0 Å². The molecule has 1 saturated heterocycles. The Balaban J connectivity index is 1.63. The molecule has 0 unspecified atom stereocenters. The molecule has 1 aliphatic heterocycles. The van der Waals surface area contributed by atoms with Gasteiger partial charge in [-0.2, -0.15) is 13.1 Å². The van der Waals surface area contributed by atoms with Crippen LogP contribution < -0.4 is 14.8 Å². The van der Waals surface area contributed by atoms with E-state index >= 15 is 0 Å². The number of sulfonamides is 1. The Bertz CT molecular complexity index is 1000. The molecule has 1 aliphatic rings. The van der Waals surface area contributed by atoms with Gasteiger partial charge < -0.3 is 14.8 Å². The Morgan fingerprint density at radius 1 is 1.19 bits per heavy atom. The van der Waals surface area contributed by atoms with Crippen LogP contribution in [0.3, 0.4) is 0 Å². The number of carbonyl (C=O) groups is 1. The summed E-state index contributed by atoms with van der Waals surface area (Å²) in [6.45, 7) is -1.79. The van der Waals surface area contributed by atoms with Gasteiger partial charge in [0.2, 0.25) is 10.0 Å². The molecule has 0 radical (unpaired) electrons. The second kappa shape index (κ2) is 10.4. The molecular formula is C20H24F2N2O5S2. The summed E-state index contributed by atoms with van der Waals surface area (Å²) < 4.78 is 61.6. The van der Waals surface area contributed by atoms with Crippen LogP contribution in [0.15, 0.2) is 34.5 Å². The number of ether oxygens (including phenoxy) is 2. The summed E-state index contributed by atoms with van der Waals surface area (Å²) in [4.78, 5) is 12.8. The summed E-state index contributed by atoms with van der Waals surface area (Å²) in [6.07, 6.45) is 3.03. The van der Waals surface area contributed by atoms with Crippen LogP contribution in [0, 0.1) is 0 Å². The topological polar surface area (TPSA) is 84.9 Å². The third kappa shape index (κ3) is 5.72. The van der Waals surface area contributed by atoms with Crippen LogP contribution in [-0.2, 0) is 16.4 Å². The standard InChI is InChI=1S/C20H24F2N2O5S2/c1-28-16-13-14(5-6-15(16)29-20(21)22)7-9-23-19(25)18-17(8-12-30-18)31(26,27)24-10-3-2-4-11-24/h5-6,8,12-13,20H,2-4,7,9-11H2,1H3,(H,23,25). The number of methoxy groups -OCH3 is 1. The molecule has 0 bridgehead atoms. The molecular weight excluding hydrogens is 450 g/mol. The molecule has 0 atom stereocenters. The largest absolute Gasteiger partial charge is 0.493 e. The monoisotopic (exact) mass is 474 g/mol. The molecule has 170 valence electrons. The number of nitrogens with zero attached hydrogens (tertiary/aromatic N) is 1. The molecule has 1 amide bonds. The lowest BCUT2D eigenvalue weighted by atomic mass is 10.1. The lowest BCUT2D eigenvalue weighted by Gasteiger charge is -2.25. The minimum Gasteiger partial charge on any atom is -0.493 e. The lowest BCUT2D eigenvalue weighted by Crippen LogP contribution is -2.36. The van der Waals surface area contributed by atoms with Crippen LogP contribution in [0.1, 0.15) is 34.5 Å². The van der Waals surface area contributed by atoms with Crippen molar-refractivity contribution < 1.29 is 31.5 Å². The maximum absolute atomic E-state index is 12.9. The van der Waals surface area contributed by atoms with Crippen molar-refractivity contribution in [1.29, 1.82) is 0 Å². The molecule has 31 heavy (non-hydrogen) atoms. The Labute approximate surface area is 184 Å². The Morgan fingerprint density at radius 3 is 2.61 bits per heavy atom. The summed E-state index contributed by atoms with van der Waals surface area (Å²) >= 11 is 1.08. The van der Waals surface area contributed by atoms with Gasteiger partial charge in [0.1, 0.15) is 9.77 Å². The lowest BCUT2D eigenvalue weighted by molar-refractivity contribution is -0.0512. The van der Waals surface area contributed by atoms with E-state index in [0.717, 1.165) is 36.2 Å². The highest BCUT2D eigenvalue weighted by Crippen LogP contribution is 2.30. The molecule has 7 nitrogen and oxygen atoms in total. The van der Waals surface area contributed by atoms with E-state index in [1.807, 2.05) is 0 Å². The zero-order valence-electron chi connectivity index (χ0n) is 17.0. The average molecular weight is 475 g/mol. The number of benzene rings is 1. The second-order valence-corrected chi connectivity index (χ2v) is 9.77. The molecule has 2 heterocycles. The highest BCUT2D eigenvalue weighted by molar-refractivity contribution is 7.89. The van der Waals surface area contributed by atoms with Gasteiger partial charge in [-0.25, -0.2) is 8.42 Å². The summed E-state index contributed by atoms with van der Waals surface area (Å²) in [7, 11) is -2.36. The first-order valence-corrected chi connectivity index (χ1v) is 12.1. The van der Waals surface area contributed by atoms with Crippen molar-refractivity contribution in [1.82, 2.24) is 9.62 Å². The van der Waals surface area contributed by atoms with E-state index in [4.69, 9.17) is 4.74 Å². The summed E-state index contributed by atoms with van der Waals surface area (Å²) in [5, 5.41) is 4.33. The number of alkyl halides is 2. The van der Waals surface area contributed by atoms with Gasteiger partial charge >= 0.3 is 6.61 Å². The minimum atomic E-state index is -3.70. The van der Waals surface area contributed by atoms with Crippen LogP contribution in [-0.4, -0.2) is 52.0 Å². The first-order valence-electron chi connectivity index (χ1n) is 9.80. The molecule has 0 spiro atoms. The van der Waals surface area contributed by atoms with Crippen molar-refractivity contribution in [3.8, 4) is 11.5 Å². The predicted octanol–water partition coefficient (Wildman–Crippen LogP) is 3.51. The Kier molecular flexibility index (Phi) is 7.84. The number of carbonyl (C=O) groups excluding carboxylic acids is 1. The van der Waals surface area contributed by atoms with E-state index in [2.05, 4.69) is 10.1 Å². The van der Waals surface area contributed by atoms with Gasteiger partial charge in [-0.15, -0.1) is 11.3 Å². The maximum Gasteiger partial charge on any atom is 0.387 e. The van der Waals surface area contributed by atoms with Crippen LogP contribution in [0.5, 0.6) is 11.5 Å². The van der Waals surface area contributed by atoms with E-state index in [0.29, 0.717) is 19.5 Å². The van der Waals surface area contributed by atoms with Gasteiger partial charge in [-0.1, -0.05) is 12.5 Å². The smallest absolute Gasteiger partial charge is 0.387 e. The van der Waals surface area contributed by atoms with Gasteiger partial charge in [0.25, 0.3) is 5.91 Å². The highest BCUT2D eigenvalue weighted by Gasteiger charge is 2.30. The van der Waals surface area contributed by atoms with Crippen LogP contribution >= 0.6 is 11.3 Å². The van der Waals surface area contributed by atoms with Crippen molar-refractivity contribution in [3.05, 3.63) is 40.1 Å². The maximum atomic E-state index is 12.9. The molecule has 2 aromatic rings. The van der Waals surface area contributed by atoms with Gasteiger partial charge in [0.05, 0.1) is 7.11 Å². The fourth-order valence-corrected chi connectivity index (χ4v) is 6.21. The predicted molar refractivity (Wildman–Crippen MR) is 113 cm³/mol. The summed E-state index contributed by atoms with van der Waals surface area (Å²) in [6, 6.07) is 6.01. The van der Waals surface area contributed by atoms with Crippen molar-refractivity contribution >= 4 is 27.3 Å². The molecule has 0 saturated carbocycles. The number of rotatable bonds is 9. The zero-order chi connectivity index (χ0) is 22.4. The number of hydrogen-bond acceptors (Lipinski definition) is 6. The third-order valence-corrected chi connectivity index (χ3v) is 7.89. The zero-order valence-corrected chi connectivity index (χ0v) is 18.6. The molecule has 1 aromatic carbocycles. The van der Waals surface area contributed by atoms with Crippen molar-refractivity contribution in [2.75, 3.05) is 26.7 Å². The Hall–Kier alpha value is -2.24. The SMILES string of the molecule is COc1cc(CCNC(=O)c2sccc2S(=O)(=O)N2CCCCC2)ccc1OC(F)F. The Morgan fingerprint density at radius 2 is 1.94 bits per heavy atom. The van der Waals surface area contributed by atoms with Crippen LogP contribution in [0.4, 0.5) is 8.78 Å². The van der Waals surface area contributed by atoms with Crippen molar-refractivity contribution in [2.45, 2.75) is 37.2 Å². The molecule has 0 aliphatic carbocycles.